The van der Waals surface area contributed by atoms with Gasteiger partial charge in [0.1, 0.15) is 5.82 Å². The molecule has 0 unspecified atom stereocenters. The Balaban J connectivity index is 2.17. The minimum Gasteiger partial charge on any atom is -0.341 e. The number of rotatable bonds is 5. The zero-order chi connectivity index (χ0) is 14.8. The topological polar surface area (TPSA) is 31.9 Å². The van der Waals surface area contributed by atoms with E-state index < -0.39 is 11.7 Å². The molecule has 0 amide bonds. The van der Waals surface area contributed by atoms with Crippen LogP contribution in [0.15, 0.2) is 18.2 Å². The summed E-state index contributed by atoms with van der Waals surface area (Å²) in [6.45, 7) is 3.67. The van der Waals surface area contributed by atoms with Crippen molar-refractivity contribution in [2.45, 2.75) is 32.5 Å². The van der Waals surface area contributed by atoms with Crippen LogP contribution < -0.4 is 0 Å². The van der Waals surface area contributed by atoms with Crippen molar-refractivity contribution < 1.29 is 13.2 Å². The maximum absolute atomic E-state index is 12.6. The molecule has 1 aromatic heterocycles. The van der Waals surface area contributed by atoms with Crippen molar-refractivity contribution in [3.8, 4) is 0 Å². The number of hydrogen-bond acceptors (Lipinski definition) is 2. The maximum atomic E-state index is 12.6. The third-order valence-corrected chi connectivity index (χ3v) is 3.17. The molecule has 110 valence electrons. The Kier molecular flexibility index (Phi) is 4.32. The summed E-state index contributed by atoms with van der Waals surface area (Å²) >= 11 is 0. The van der Waals surface area contributed by atoms with Crippen molar-refractivity contribution in [1.29, 1.82) is 0 Å². The van der Waals surface area contributed by atoms with Crippen LogP contribution in [0, 0.1) is 0 Å². The quantitative estimate of drug-likeness (QED) is 0.905. The lowest BCUT2D eigenvalue weighted by Crippen LogP contribution is -2.19. The highest BCUT2D eigenvalue weighted by atomic mass is 19.4. The molecule has 0 saturated heterocycles. The third kappa shape index (κ3) is 3.50. The van der Waals surface area contributed by atoms with Crippen LogP contribution in [0.25, 0.3) is 11.0 Å². The summed E-state index contributed by atoms with van der Waals surface area (Å²) in [5, 5.41) is 0. The highest BCUT2D eigenvalue weighted by Crippen LogP contribution is 2.30. The molecule has 1 aromatic carbocycles. The Morgan fingerprint density at radius 2 is 2.05 bits per heavy atom. The Morgan fingerprint density at radius 3 is 2.70 bits per heavy atom. The fourth-order valence-electron chi connectivity index (χ4n) is 2.08. The molecule has 2 rings (SSSR count). The largest absolute Gasteiger partial charge is 0.416 e. The summed E-state index contributed by atoms with van der Waals surface area (Å²) < 4.78 is 37.9. The minimum absolute atomic E-state index is 0.429. The van der Waals surface area contributed by atoms with Crippen LogP contribution in [0.1, 0.15) is 31.2 Å². The fraction of sp³-hybridized carbons (Fsp3) is 0.500. The Bertz CT molecular complexity index is 575. The number of aromatic amines is 1. The molecular formula is C14H18F3N3. The van der Waals surface area contributed by atoms with Gasteiger partial charge in [-0.05, 0) is 38.2 Å². The van der Waals surface area contributed by atoms with Gasteiger partial charge in [0.25, 0.3) is 0 Å². The number of nitrogens with zero attached hydrogens (tertiary/aromatic N) is 2. The summed E-state index contributed by atoms with van der Waals surface area (Å²) in [6, 6.07) is 3.58. The van der Waals surface area contributed by atoms with E-state index in [4.69, 9.17) is 0 Å². The van der Waals surface area contributed by atoms with Crippen molar-refractivity contribution in [1.82, 2.24) is 14.9 Å². The molecule has 1 heterocycles. The lowest BCUT2D eigenvalue weighted by Gasteiger charge is -2.13. The first-order valence-electron chi connectivity index (χ1n) is 6.64. The predicted octanol–water partition coefficient (Wildman–Crippen LogP) is 3.81. The minimum atomic E-state index is -4.32. The first-order chi connectivity index (χ1) is 9.40. The number of fused-ring (bicyclic) bond motifs is 1. The molecule has 0 aliphatic heterocycles. The summed E-state index contributed by atoms with van der Waals surface area (Å²) in [7, 11) is 1.98. The van der Waals surface area contributed by atoms with Gasteiger partial charge in [-0.1, -0.05) is 13.3 Å². The van der Waals surface area contributed by atoms with Crippen molar-refractivity contribution in [3.05, 3.63) is 29.6 Å². The van der Waals surface area contributed by atoms with Crippen molar-refractivity contribution in [2.75, 3.05) is 13.6 Å². The van der Waals surface area contributed by atoms with Gasteiger partial charge < -0.3 is 4.98 Å². The number of imidazole rings is 1. The summed E-state index contributed by atoms with van der Waals surface area (Å²) in [6.07, 6.45) is -2.12. The second-order valence-electron chi connectivity index (χ2n) is 5.00. The monoisotopic (exact) mass is 285 g/mol. The van der Waals surface area contributed by atoms with E-state index in [0.29, 0.717) is 23.4 Å². The Hall–Kier alpha value is -1.56. The number of H-pyrrole nitrogens is 1. The van der Waals surface area contributed by atoms with Crippen molar-refractivity contribution >= 4 is 11.0 Å². The molecule has 6 heteroatoms. The molecule has 0 radical (unpaired) electrons. The first-order valence-corrected chi connectivity index (χ1v) is 6.64. The molecular weight excluding hydrogens is 267 g/mol. The van der Waals surface area contributed by atoms with E-state index in [0.717, 1.165) is 31.5 Å². The molecule has 0 spiro atoms. The molecule has 0 aliphatic carbocycles. The van der Waals surface area contributed by atoms with E-state index in [2.05, 4.69) is 21.8 Å². The van der Waals surface area contributed by atoms with Gasteiger partial charge in [-0.2, -0.15) is 13.2 Å². The normalized spacial score (nSPS) is 12.5. The average Bonchev–Trinajstić information content (AvgIpc) is 2.76. The van der Waals surface area contributed by atoms with E-state index in [9.17, 15) is 13.2 Å². The van der Waals surface area contributed by atoms with Crippen LogP contribution >= 0.6 is 0 Å². The number of aromatic nitrogens is 2. The van der Waals surface area contributed by atoms with Gasteiger partial charge in [-0.3, -0.25) is 4.90 Å². The smallest absolute Gasteiger partial charge is 0.341 e. The zero-order valence-corrected chi connectivity index (χ0v) is 11.6. The average molecular weight is 285 g/mol. The van der Waals surface area contributed by atoms with Gasteiger partial charge in [-0.25, -0.2) is 4.98 Å². The Labute approximate surface area is 115 Å². The molecule has 0 bridgehead atoms. The second kappa shape index (κ2) is 5.83. The number of benzene rings is 1. The van der Waals surface area contributed by atoms with Crippen LogP contribution in [0.3, 0.4) is 0 Å². The van der Waals surface area contributed by atoms with E-state index in [-0.39, 0.29) is 0 Å². The summed E-state index contributed by atoms with van der Waals surface area (Å²) in [4.78, 5) is 9.39. The van der Waals surface area contributed by atoms with Gasteiger partial charge in [0.15, 0.2) is 0 Å². The van der Waals surface area contributed by atoms with Crippen LogP contribution in [-0.2, 0) is 12.7 Å². The van der Waals surface area contributed by atoms with E-state index in [1.807, 2.05) is 7.05 Å². The lowest BCUT2D eigenvalue weighted by molar-refractivity contribution is -0.137. The van der Waals surface area contributed by atoms with Gasteiger partial charge in [0, 0.05) is 0 Å². The number of halogens is 3. The van der Waals surface area contributed by atoms with Crippen molar-refractivity contribution in [2.24, 2.45) is 0 Å². The number of alkyl halides is 3. The summed E-state index contributed by atoms with van der Waals surface area (Å²) in [5.74, 6) is 0.693. The van der Waals surface area contributed by atoms with Gasteiger partial charge >= 0.3 is 6.18 Å². The number of hydrogen-bond donors (Lipinski definition) is 1. The van der Waals surface area contributed by atoms with E-state index in [1.54, 1.807) is 0 Å². The molecule has 0 aliphatic rings. The fourth-order valence-corrected chi connectivity index (χ4v) is 2.08. The second-order valence-corrected chi connectivity index (χ2v) is 5.00. The lowest BCUT2D eigenvalue weighted by atomic mass is 10.2. The molecule has 0 fully saturated rings. The van der Waals surface area contributed by atoms with Crippen molar-refractivity contribution in [3.63, 3.8) is 0 Å². The van der Waals surface area contributed by atoms with E-state index >= 15 is 0 Å². The van der Waals surface area contributed by atoms with Crippen LogP contribution in [0.4, 0.5) is 13.2 Å². The SMILES string of the molecule is CCCCN(C)Cc1nc2ccc(C(F)(F)F)cc2[nH]1. The highest BCUT2D eigenvalue weighted by Gasteiger charge is 2.30. The van der Waals surface area contributed by atoms with Crippen LogP contribution in [0.5, 0.6) is 0 Å². The molecule has 20 heavy (non-hydrogen) atoms. The molecule has 1 N–H and O–H groups in total. The molecule has 2 aromatic rings. The number of nitrogens with one attached hydrogen (secondary N) is 1. The molecule has 0 atom stereocenters. The maximum Gasteiger partial charge on any atom is 0.416 e. The number of unbranched alkanes of at least 4 members (excludes halogenated alkanes) is 1. The predicted molar refractivity (Wildman–Crippen MR) is 72.3 cm³/mol. The van der Waals surface area contributed by atoms with Gasteiger partial charge in [0.2, 0.25) is 0 Å². The highest BCUT2D eigenvalue weighted by molar-refractivity contribution is 5.76. The van der Waals surface area contributed by atoms with Gasteiger partial charge in [0.05, 0.1) is 23.1 Å². The standard InChI is InChI=1S/C14H18F3N3/c1-3-4-7-20(2)9-13-18-11-6-5-10(14(15,16)17)8-12(11)19-13/h5-6,8H,3-4,7,9H2,1-2H3,(H,18,19). The van der Waals surface area contributed by atoms with E-state index in [1.165, 1.54) is 6.07 Å². The molecule has 0 saturated carbocycles. The summed E-state index contributed by atoms with van der Waals surface area (Å²) in [5.41, 5.74) is 0.343. The third-order valence-electron chi connectivity index (χ3n) is 3.17. The zero-order valence-electron chi connectivity index (χ0n) is 11.6. The molecule has 3 nitrogen and oxygen atoms in total. The Morgan fingerprint density at radius 1 is 1.30 bits per heavy atom. The first kappa shape index (κ1) is 14.8. The van der Waals surface area contributed by atoms with Crippen LogP contribution in [0.2, 0.25) is 0 Å². The van der Waals surface area contributed by atoms with Gasteiger partial charge in [-0.15, -0.1) is 0 Å². The van der Waals surface area contributed by atoms with Crippen LogP contribution in [-0.4, -0.2) is 28.5 Å².